The van der Waals surface area contributed by atoms with Gasteiger partial charge in [-0.2, -0.15) is 4.57 Å². The molecule has 1 aromatic carbocycles. The first kappa shape index (κ1) is 16.1. The van der Waals surface area contributed by atoms with Gasteiger partial charge in [0.2, 0.25) is 6.54 Å². The van der Waals surface area contributed by atoms with Crippen molar-refractivity contribution in [1.29, 1.82) is 0 Å². The summed E-state index contributed by atoms with van der Waals surface area (Å²) in [5.74, 6) is -0.251. The van der Waals surface area contributed by atoms with Crippen LogP contribution in [0.1, 0.15) is 23.7 Å². The van der Waals surface area contributed by atoms with Crippen LogP contribution in [0, 0.1) is 12.7 Å². The van der Waals surface area contributed by atoms with Crippen LogP contribution >= 0.6 is 0 Å². The maximum absolute atomic E-state index is 12.8. The molecule has 3 nitrogen and oxygen atoms in total. The molecular weight excluding hydrogens is 279 g/mol. The van der Waals surface area contributed by atoms with Crippen LogP contribution < -0.4 is 9.88 Å². The highest BCUT2D eigenvalue weighted by Crippen LogP contribution is 2.02. The van der Waals surface area contributed by atoms with Crippen molar-refractivity contribution in [1.82, 2.24) is 5.32 Å². The number of benzene rings is 1. The molecule has 1 N–H and O–H groups in total. The van der Waals surface area contributed by atoms with Gasteiger partial charge < -0.3 is 5.32 Å². The number of carbonyl (C=O) groups excluding carboxylic acids is 1. The standard InChI is InChI=1S/C18H21FN2O/c1-3-15-5-4-14(2)21(12-15)13-18(22)20-11-10-16-6-8-17(19)9-7-16/h4-9,12H,3,10-11,13H2,1-2H3/p+1. The smallest absolute Gasteiger partial charge is 0.286 e. The van der Waals surface area contributed by atoms with E-state index in [1.165, 1.54) is 17.7 Å². The molecular formula is C18H22FN2O+. The summed E-state index contributed by atoms with van der Waals surface area (Å²) in [4.78, 5) is 12.0. The number of rotatable bonds is 6. The lowest BCUT2D eigenvalue weighted by atomic mass is 10.1. The zero-order valence-electron chi connectivity index (χ0n) is 13.1. The summed E-state index contributed by atoms with van der Waals surface area (Å²) in [5, 5.41) is 2.91. The zero-order chi connectivity index (χ0) is 15.9. The van der Waals surface area contributed by atoms with Gasteiger partial charge in [-0.15, -0.1) is 0 Å². The number of amides is 1. The monoisotopic (exact) mass is 301 g/mol. The van der Waals surface area contributed by atoms with E-state index in [2.05, 4.69) is 18.3 Å². The van der Waals surface area contributed by atoms with Crippen molar-refractivity contribution in [3.05, 3.63) is 65.2 Å². The molecule has 0 aliphatic heterocycles. The average Bonchev–Trinajstić information content (AvgIpc) is 2.51. The molecule has 0 aliphatic rings. The Bertz CT molecular complexity index is 638. The summed E-state index contributed by atoms with van der Waals surface area (Å²) >= 11 is 0. The first-order valence-corrected chi connectivity index (χ1v) is 7.58. The Kier molecular flexibility index (Phi) is 5.64. The molecule has 0 fully saturated rings. The molecule has 2 rings (SSSR count). The Hall–Kier alpha value is -2.23. The van der Waals surface area contributed by atoms with Crippen LogP contribution in [0.3, 0.4) is 0 Å². The highest BCUT2D eigenvalue weighted by atomic mass is 19.1. The predicted molar refractivity (Wildman–Crippen MR) is 83.9 cm³/mol. The minimum absolute atomic E-state index is 0.0107. The van der Waals surface area contributed by atoms with Crippen LogP contribution in [0.5, 0.6) is 0 Å². The van der Waals surface area contributed by atoms with Gasteiger partial charge in [-0.05, 0) is 36.6 Å². The van der Waals surface area contributed by atoms with Crippen molar-refractivity contribution in [3.63, 3.8) is 0 Å². The number of aromatic nitrogens is 1. The maximum atomic E-state index is 12.8. The quantitative estimate of drug-likeness (QED) is 0.816. The summed E-state index contributed by atoms with van der Waals surface area (Å²) in [5.41, 5.74) is 3.29. The van der Waals surface area contributed by atoms with Crippen LogP contribution in [-0.4, -0.2) is 12.5 Å². The van der Waals surface area contributed by atoms with Crippen molar-refractivity contribution in [3.8, 4) is 0 Å². The van der Waals surface area contributed by atoms with E-state index in [1.54, 1.807) is 12.1 Å². The molecule has 0 radical (unpaired) electrons. The molecule has 4 heteroatoms. The van der Waals surface area contributed by atoms with Crippen molar-refractivity contribution < 1.29 is 13.8 Å². The third-order valence-corrected chi connectivity index (χ3v) is 3.68. The predicted octanol–water partition coefficient (Wildman–Crippen LogP) is 2.34. The van der Waals surface area contributed by atoms with Crippen molar-refractivity contribution in [2.75, 3.05) is 6.54 Å². The normalized spacial score (nSPS) is 10.5. The second kappa shape index (κ2) is 7.69. The molecule has 0 saturated heterocycles. The molecule has 1 heterocycles. The second-order valence-corrected chi connectivity index (χ2v) is 5.39. The van der Waals surface area contributed by atoms with E-state index >= 15 is 0 Å². The summed E-state index contributed by atoms with van der Waals surface area (Å²) < 4.78 is 14.8. The Morgan fingerprint density at radius 3 is 2.50 bits per heavy atom. The minimum Gasteiger partial charge on any atom is -0.350 e. The number of pyridine rings is 1. The van der Waals surface area contributed by atoms with Crippen LogP contribution in [-0.2, 0) is 24.2 Å². The third kappa shape index (κ3) is 4.65. The first-order chi connectivity index (χ1) is 10.6. The number of aryl methyl sites for hydroxylation is 2. The summed E-state index contributed by atoms with van der Waals surface area (Å²) in [6.45, 7) is 4.96. The largest absolute Gasteiger partial charge is 0.350 e. The highest BCUT2D eigenvalue weighted by Gasteiger charge is 2.12. The van der Waals surface area contributed by atoms with Gasteiger partial charge >= 0.3 is 0 Å². The summed E-state index contributed by atoms with van der Waals surface area (Å²) in [7, 11) is 0. The molecule has 2 aromatic rings. The Balaban J connectivity index is 1.84. The van der Waals surface area contributed by atoms with E-state index in [4.69, 9.17) is 0 Å². The maximum Gasteiger partial charge on any atom is 0.286 e. The van der Waals surface area contributed by atoms with Gasteiger partial charge in [0, 0.05) is 25.1 Å². The lowest BCUT2D eigenvalue weighted by Crippen LogP contribution is -2.45. The molecule has 22 heavy (non-hydrogen) atoms. The van der Waals surface area contributed by atoms with Gasteiger partial charge in [-0.3, -0.25) is 4.79 Å². The molecule has 0 atom stereocenters. The van der Waals surface area contributed by atoms with Crippen molar-refractivity contribution in [2.45, 2.75) is 33.2 Å². The van der Waals surface area contributed by atoms with Gasteiger partial charge in [0.25, 0.3) is 5.91 Å². The minimum atomic E-state index is -0.240. The van der Waals surface area contributed by atoms with Gasteiger partial charge in [0.1, 0.15) is 5.82 Å². The van der Waals surface area contributed by atoms with Crippen LogP contribution in [0.2, 0.25) is 0 Å². The second-order valence-electron chi connectivity index (χ2n) is 5.39. The zero-order valence-corrected chi connectivity index (χ0v) is 13.1. The lowest BCUT2D eigenvalue weighted by molar-refractivity contribution is -0.690. The summed E-state index contributed by atoms with van der Waals surface area (Å²) in [6, 6.07) is 10.5. The van der Waals surface area contributed by atoms with E-state index < -0.39 is 0 Å². The number of carbonyl (C=O) groups is 1. The molecule has 0 saturated carbocycles. The number of hydrogen-bond acceptors (Lipinski definition) is 1. The fourth-order valence-corrected chi connectivity index (χ4v) is 2.26. The fourth-order valence-electron chi connectivity index (χ4n) is 2.26. The van der Waals surface area contributed by atoms with E-state index in [0.717, 1.165) is 17.7 Å². The number of hydrogen-bond donors (Lipinski definition) is 1. The lowest BCUT2D eigenvalue weighted by Gasteiger charge is -2.05. The first-order valence-electron chi connectivity index (χ1n) is 7.58. The Labute approximate surface area is 130 Å². The van der Waals surface area contributed by atoms with Crippen LogP contribution in [0.15, 0.2) is 42.6 Å². The number of nitrogens with zero attached hydrogens (tertiary/aromatic N) is 1. The van der Waals surface area contributed by atoms with Gasteiger partial charge in [-0.1, -0.05) is 19.1 Å². The van der Waals surface area contributed by atoms with E-state index in [-0.39, 0.29) is 11.7 Å². The SMILES string of the molecule is CCc1ccc(C)[n+](CC(=O)NCCc2ccc(F)cc2)c1. The summed E-state index contributed by atoms with van der Waals surface area (Å²) in [6.07, 6.45) is 3.67. The van der Waals surface area contributed by atoms with E-state index in [0.29, 0.717) is 19.5 Å². The average molecular weight is 301 g/mol. The van der Waals surface area contributed by atoms with Gasteiger partial charge in [0.05, 0.1) is 0 Å². The fraction of sp³-hybridized carbons (Fsp3) is 0.333. The molecule has 116 valence electrons. The highest BCUT2D eigenvalue weighted by molar-refractivity contribution is 5.74. The molecule has 0 unspecified atom stereocenters. The molecule has 0 bridgehead atoms. The topological polar surface area (TPSA) is 33.0 Å². The van der Waals surface area contributed by atoms with Crippen molar-refractivity contribution >= 4 is 5.91 Å². The van der Waals surface area contributed by atoms with Gasteiger partial charge in [0.15, 0.2) is 11.9 Å². The number of nitrogens with one attached hydrogen (secondary N) is 1. The van der Waals surface area contributed by atoms with E-state index in [9.17, 15) is 9.18 Å². The molecule has 0 spiro atoms. The Morgan fingerprint density at radius 1 is 1.14 bits per heavy atom. The van der Waals surface area contributed by atoms with Crippen LogP contribution in [0.4, 0.5) is 4.39 Å². The Morgan fingerprint density at radius 2 is 1.82 bits per heavy atom. The van der Waals surface area contributed by atoms with Crippen LogP contribution in [0.25, 0.3) is 0 Å². The molecule has 1 aromatic heterocycles. The van der Waals surface area contributed by atoms with Crippen molar-refractivity contribution in [2.24, 2.45) is 0 Å². The van der Waals surface area contributed by atoms with E-state index in [1.807, 2.05) is 23.8 Å². The third-order valence-electron chi connectivity index (χ3n) is 3.68. The number of halogens is 1. The van der Waals surface area contributed by atoms with Gasteiger partial charge in [-0.25, -0.2) is 4.39 Å². The molecule has 0 aliphatic carbocycles. The molecule has 1 amide bonds.